The number of hydrazine groups is 1. The maximum absolute atomic E-state index is 11.5. The lowest BCUT2D eigenvalue weighted by atomic mass is 10.1. The van der Waals surface area contributed by atoms with E-state index in [-0.39, 0.29) is 10.9 Å². The van der Waals surface area contributed by atoms with Gasteiger partial charge in [0, 0.05) is 13.8 Å². The van der Waals surface area contributed by atoms with Crippen molar-refractivity contribution in [1.29, 1.82) is 0 Å². The summed E-state index contributed by atoms with van der Waals surface area (Å²) in [6.45, 7) is 5.87. The molecule has 0 heterocycles. The Labute approximate surface area is 110 Å². The minimum absolute atomic E-state index is 0.00121. The largest absolute Gasteiger partial charge is 0.569 e. The van der Waals surface area contributed by atoms with Crippen molar-refractivity contribution in [3.05, 3.63) is 5.21 Å². The number of likely N-dealkylation sites (N-methyl/N-ethyl adjacent to an activating group) is 1. The third-order valence-corrected chi connectivity index (χ3v) is 2.15. The van der Waals surface area contributed by atoms with Crippen molar-refractivity contribution in [2.75, 3.05) is 7.05 Å². The van der Waals surface area contributed by atoms with Gasteiger partial charge in [-0.1, -0.05) is 13.8 Å². The van der Waals surface area contributed by atoms with Gasteiger partial charge in [0.05, 0.1) is 12.0 Å². The molecule has 1 N–H and O–H groups in total. The summed E-state index contributed by atoms with van der Waals surface area (Å²) in [4.78, 5) is 26.2. The first-order chi connectivity index (χ1) is 8.66. The lowest BCUT2D eigenvalue weighted by Gasteiger charge is -2.23. The van der Waals surface area contributed by atoms with E-state index in [1.807, 2.05) is 0 Å². The maximum atomic E-state index is 11.5. The second-order valence-electron chi connectivity index (χ2n) is 4.22. The summed E-state index contributed by atoms with van der Waals surface area (Å²) in [7, 11) is 1.27. The molecular weight excluding hydrogens is 258 g/mol. The van der Waals surface area contributed by atoms with Crippen molar-refractivity contribution in [1.82, 2.24) is 5.01 Å². The van der Waals surface area contributed by atoms with Crippen LogP contribution in [0, 0.1) is 11.1 Å². The topological polar surface area (TPSA) is 114 Å². The molecule has 0 aliphatic heterocycles. The molecule has 0 fully saturated rings. The zero-order valence-corrected chi connectivity index (χ0v) is 11.6. The number of carbonyl (C=O) groups is 2. The highest BCUT2D eigenvalue weighted by Gasteiger charge is 2.32. The number of nitrogens with zero attached hydrogens (tertiary/aromatic N) is 3. The van der Waals surface area contributed by atoms with Crippen LogP contribution in [0.4, 0.5) is 0 Å². The van der Waals surface area contributed by atoms with Crippen LogP contribution in [0.3, 0.4) is 0 Å². The summed E-state index contributed by atoms with van der Waals surface area (Å²) in [5.41, 5.74) is 0. The van der Waals surface area contributed by atoms with Crippen LogP contribution in [0.2, 0.25) is 0 Å². The molecule has 0 aromatic carbocycles. The van der Waals surface area contributed by atoms with Crippen LogP contribution < -0.4 is 0 Å². The summed E-state index contributed by atoms with van der Waals surface area (Å²) in [5.74, 6) is -2.04. The van der Waals surface area contributed by atoms with Crippen molar-refractivity contribution >= 4 is 11.9 Å². The van der Waals surface area contributed by atoms with Gasteiger partial charge in [-0.25, -0.2) is 4.79 Å². The van der Waals surface area contributed by atoms with E-state index in [0.29, 0.717) is 0 Å². The number of hydrogen-bond donors (Lipinski definition) is 1. The monoisotopic (exact) mass is 277 g/mol. The predicted molar refractivity (Wildman–Crippen MR) is 62.4 cm³/mol. The first-order valence-electron chi connectivity index (χ1n) is 5.63. The lowest BCUT2D eigenvalue weighted by molar-refractivity contribution is -0.713. The van der Waals surface area contributed by atoms with Crippen molar-refractivity contribution in [3.8, 4) is 0 Å². The number of rotatable bonds is 7. The number of ether oxygens (including phenoxy) is 1. The molecule has 9 heteroatoms. The first kappa shape index (κ1) is 16.9. The molecule has 0 aliphatic rings. The molecule has 0 bridgehead atoms. The third-order valence-electron chi connectivity index (χ3n) is 2.15. The molecule has 110 valence electrons. The summed E-state index contributed by atoms with van der Waals surface area (Å²) >= 11 is 0. The van der Waals surface area contributed by atoms with Crippen LogP contribution in [0.1, 0.15) is 27.7 Å². The minimum Gasteiger partial charge on any atom is -0.569 e. The highest BCUT2D eigenvalue weighted by Crippen LogP contribution is 2.10. The molecule has 0 amide bonds. The predicted octanol–water partition coefficient (Wildman–Crippen LogP) is 0.746. The van der Waals surface area contributed by atoms with Gasteiger partial charge in [0.2, 0.25) is 5.28 Å². The molecule has 0 spiro atoms. The van der Waals surface area contributed by atoms with Crippen LogP contribution in [0.5, 0.6) is 0 Å². The molecule has 0 aromatic rings. The van der Waals surface area contributed by atoms with Gasteiger partial charge < -0.3 is 15.1 Å². The molecule has 19 heavy (non-hydrogen) atoms. The fraction of sp³-hybridized carbons (Fsp3) is 0.800. The van der Waals surface area contributed by atoms with Crippen molar-refractivity contribution < 1.29 is 29.2 Å². The molecule has 0 saturated heterocycles. The molecular formula is C10H19N3O6. The third kappa shape index (κ3) is 5.89. The summed E-state index contributed by atoms with van der Waals surface area (Å²) in [5, 5.41) is 24.5. The van der Waals surface area contributed by atoms with E-state index >= 15 is 0 Å². The maximum Gasteiger partial charge on any atom is 0.332 e. The average Bonchev–Trinajstić information content (AvgIpc) is 2.23. The van der Waals surface area contributed by atoms with Crippen molar-refractivity contribution in [2.24, 2.45) is 11.2 Å². The quantitative estimate of drug-likeness (QED) is 0.240. The van der Waals surface area contributed by atoms with E-state index in [9.17, 15) is 14.8 Å². The summed E-state index contributed by atoms with van der Waals surface area (Å²) in [6.07, 6.45) is -1.04. The van der Waals surface area contributed by atoms with E-state index in [2.05, 4.69) is 14.9 Å². The number of esters is 1. The van der Waals surface area contributed by atoms with Crippen LogP contribution in [0.25, 0.3) is 0 Å². The molecule has 0 radical (unpaired) electrons. The van der Waals surface area contributed by atoms with Crippen LogP contribution in [-0.4, -0.2) is 46.4 Å². The Bertz CT molecular complexity index is 357. The number of carbonyl (C=O) groups excluding carboxylic acids is 1. The lowest BCUT2D eigenvalue weighted by Crippen LogP contribution is -2.45. The number of hydrogen-bond acceptors (Lipinski definition) is 6. The zero-order chi connectivity index (χ0) is 15.2. The molecule has 0 aliphatic carbocycles. The second-order valence-corrected chi connectivity index (χ2v) is 4.22. The minimum atomic E-state index is -1.15. The molecule has 1 unspecified atom stereocenters. The fourth-order valence-corrected chi connectivity index (χ4v) is 1.40. The van der Waals surface area contributed by atoms with Crippen molar-refractivity contribution in [2.45, 2.75) is 40.0 Å². The number of aliphatic carboxylic acids is 1. The van der Waals surface area contributed by atoms with Gasteiger partial charge in [-0.3, -0.25) is 9.63 Å². The Morgan fingerprint density at radius 3 is 2.26 bits per heavy atom. The van der Waals surface area contributed by atoms with E-state index in [1.54, 1.807) is 13.8 Å². The summed E-state index contributed by atoms with van der Waals surface area (Å²) in [6, 6.07) is -1.05. The van der Waals surface area contributed by atoms with Crippen LogP contribution in [-0.2, 0) is 19.2 Å². The highest BCUT2D eigenvalue weighted by molar-refractivity contribution is 5.73. The van der Waals surface area contributed by atoms with Gasteiger partial charge in [-0.2, -0.15) is 0 Å². The van der Waals surface area contributed by atoms with Gasteiger partial charge in [0.25, 0.3) is 6.29 Å². The van der Waals surface area contributed by atoms with Crippen LogP contribution >= 0.6 is 0 Å². The SMILES string of the molecule is CC(=O)OC(C)O/N=[N+](\[O-])N(C)[C@H](C(=O)O)C(C)C. The normalized spacial score (nSPS) is 14.7. The smallest absolute Gasteiger partial charge is 0.332 e. The molecule has 2 atom stereocenters. The number of carboxylic acids is 1. The molecule has 0 rings (SSSR count). The van der Waals surface area contributed by atoms with E-state index in [0.717, 1.165) is 5.01 Å². The van der Waals surface area contributed by atoms with Crippen LogP contribution in [0.15, 0.2) is 5.28 Å². The Hall–Kier alpha value is -2.06. The van der Waals surface area contributed by atoms with E-state index in [4.69, 9.17) is 5.11 Å². The van der Waals surface area contributed by atoms with Gasteiger partial charge in [0.15, 0.2) is 6.04 Å². The summed E-state index contributed by atoms with van der Waals surface area (Å²) < 4.78 is 4.58. The van der Waals surface area contributed by atoms with Gasteiger partial charge in [-0.05, 0) is 5.92 Å². The Kier molecular flexibility index (Phi) is 6.59. The average molecular weight is 277 g/mol. The van der Waals surface area contributed by atoms with Crippen molar-refractivity contribution in [3.63, 3.8) is 0 Å². The Balaban J connectivity index is 4.65. The van der Waals surface area contributed by atoms with Gasteiger partial charge in [0.1, 0.15) is 0 Å². The highest BCUT2D eigenvalue weighted by atomic mass is 16.8. The Morgan fingerprint density at radius 2 is 1.89 bits per heavy atom. The van der Waals surface area contributed by atoms with E-state index < -0.39 is 24.3 Å². The second kappa shape index (κ2) is 7.39. The standard InChI is InChI=1S/C10H19N3O6/c1-6(2)9(10(15)16)12(5)13(17)11-19-8(4)18-7(3)14/h6,8-9H,1-5H3,(H,15,16)/b13-11-/t8?,9-/m0/s1. The number of carboxylic acid groups (broad SMARTS) is 1. The molecule has 9 nitrogen and oxygen atoms in total. The first-order valence-corrected chi connectivity index (χ1v) is 5.63. The molecule has 0 saturated carbocycles. The molecule has 0 aromatic heterocycles. The van der Waals surface area contributed by atoms with E-state index in [1.165, 1.54) is 20.9 Å². The zero-order valence-electron chi connectivity index (χ0n) is 11.6. The van der Waals surface area contributed by atoms with Gasteiger partial charge in [-0.15, -0.1) is 5.01 Å². The van der Waals surface area contributed by atoms with Gasteiger partial charge >= 0.3 is 11.9 Å². The Morgan fingerprint density at radius 1 is 1.37 bits per heavy atom. The fourth-order valence-electron chi connectivity index (χ4n) is 1.40.